The molecule has 1 N–H and O–H groups in total. The average molecular weight is 569 g/mol. The predicted molar refractivity (Wildman–Crippen MR) is 148 cm³/mol. The SMILES string of the molecule is Fc1ccc(-c2cccc(C(c3ccccc3)(c3ccccc3)c3cccc(-c4cc(C(F)(F)F)[nH]n4)n3)n2)c(F)c1. The number of rotatable bonds is 6. The van der Waals surface area contributed by atoms with Gasteiger partial charge in [-0.3, -0.25) is 10.1 Å². The molecular weight excluding hydrogens is 547 g/mol. The van der Waals surface area contributed by atoms with E-state index in [-0.39, 0.29) is 22.6 Å². The fourth-order valence-electron chi connectivity index (χ4n) is 5.14. The van der Waals surface area contributed by atoms with Crippen LogP contribution in [0.4, 0.5) is 22.0 Å². The number of halogens is 5. The maximum atomic E-state index is 14.9. The van der Waals surface area contributed by atoms with Crippen molar-refractivity contribution in [1.82, 2.24) is 20.2 Å². The molecule has 0 fully saturated rings. The summed E-state index contributed by atoms with van der Waals surface area (Å²) in [6, 6.07) is 33.2. The number of nitrogens with one attached hydrogen (secondary N) is 1. The molecule has 42 heavy (non-hydrogen) atoms. The van der Waals surface area contributed by atoms with Gasteiger partial charge in [0.15, 0.2) is 0 Å². The third-order valence-electron chi connectivity index (χ3n) is 7.03. The van der Waals surface area contributed by atoms with Gasteiger partial charge in [0.2, 0.25) is 0 Å². The van der Waals surface area contributed by atoms with Gasteiger partial charge in [-0.05, 0) is 53.6 Å². The van der Waals surface area contributed by atoms with Crippen LogP contribution in [0.3, 0.4) is 0 Å². The smallest absolute Gasteiger partial charge is 0.273 e. The van der Waals surface area contributed by atoms with E-state index in [1.807, 2.05) is 65.8 Å². The van der Waals surface area contributed by atoms with E-state index in [4.69, 9.17) is 9.97 Å². The van der Waals surface area contributed by atoms with Crippen molar-refractivity contribution in [2.24, 2.45) is 0 Å². The molecule has 0 aliphatic carbocycles. The number of pyridine rings is 2. The number of aromatic amines is 1. The highest BCUT2D eigenvalue weighted by molar-refractivity contribution is 5.64. The molecule has 0 saturated heterocycles. The minimum absolute atomic E-state index is 0.0225. The number of benzene rings is 3. The molecule has 3 heterocycles. The lowest BCUT2D eigenvalue weighted by Gasteiger charge is -2.35. The largest absolute Gasteiger partial charge is 0.432 e. The Morgan fingerprint density at radius 1 is 0.548 bits per heavy atom. The summed E-state index contributed by atoms with van der Waals surface area (Å²) in [5.74, 6) is -1.47. The Morgan fingerprint density at radius 3 is 1.67 bits per heavy atom. The van der Waals surface area contributed by atoms with E-state index in [0.29, 0.717) is 11.4 Å². The molecular formula is C33H21F5N4. The average Bonchev–Trinajstić information content (AvgIpc) is 3.51. The maximum Gasteiger partial charge on any atom is 0.432 e. The van der Waals surface area contributed by atoms with Crippen molar-refractivity contribution in [3.05, 3.63) is 161 Å². The van der Waals surface area contributed by atoms with Gasteiger partial charge in [-0.25, -0.2) is 13.8 Å². The van der Waals surface area contributed by atoms with Crippen LogP contribution in [0.1, 0.15) is 28.2 Å². The van der Waals surface area contributed by atoms with E-state index in [1.54, 1.807) is 36.4 Å². The zero-order valence-corrected chi connectivity index (χ0v) is 21.8. The molecule has 0 saturated carbocycles. The van der Waals surface area contributed by atoms with Gasteiger partial charge in [-0.2, -0.15) is 18.3 Å². The Kier molecular flexibility index (Phi) is 6.86. The maximum absolute atomic E-state index is 14.9. The summed E-state index contributed by atoms with van der Waals surface area (Å²) < 4.78 is 68.6. The molecule has 0 atom stereocenters. The number of alkyl halides is 3. The molecule has 6 aromatic rings. The standard InChI is InChI=1S/C33H21F5N4/c34-23-17-18-24(25(35)19-23)26-13-7-15-29(39-26)32(21-9-3-1-4-10-21,22-11-5-2-6-12-22)30-16-8-14-27(40-30)28-20-31(42-41-28)33(36,37)38/h1-20H,(H,41,42). The Morgan fingerprint density at radius 2 is 1.12 bits per heavy atom. The van der Waals surface area contributed by atoms with Gasteiger partial charge in [-0.15, -0.1) is 0 Å². The van der Waals surface area contributed by atoms with E-state index in [2.05, 4.69) is 5.10 Å². The molecule has 0 bridgehead atoms. The van der Waals surface area contributed by atoms with Gasteiger partial charge in [0.25, 0.3) is 0 Å². The van der Waals surface area contributed by atoms with Crippen LogP contribution in [-0.4, -0.2) is 20.2 Å². The van der Waals surface area contributed by atoms with Crippen LogP contribution in [0, 0.1) is 11.6 Å². The molecule has 3 aromatic heterocycles. The summed E-state index contributed by atoms with van der Waals surface area (Å²) in [5, 5.41) is 5.91. The van der Waals surface area contributed by atoms with Crippen LogP contribution in [0.2, 0.25) is 0 Å². The second-order valence-electron chi connectivity index (χ2n) is 9.59. The second-order valence-corrected chi connectivity index (χ2v) is 9.59. The van der Waals surface area contributed by atoms with Gasteiger partial charge >= 0.3 is 6.18 Å². The normalized spacial score (nSPS) is 11.9. The quantitative estimate of drug-likeness (QED) is 0.206. The Balaban J connectivity index is 1.64. The lowest BCUT2D eigenvalue weighted by atomic mass is 9.69. The molecule has 0 aliphatic heterocycles. The molecule has 9 heteroatoms. The van der Waals surface area contributed by atoms with Crippen molar-refractivity contribution in [2.75, 3.05) is 0 Å². The van der Waals surface area contributed by atoms with E-state index in [9.17, 15) is 22.0 Å². The molecule has 4 nitrogen and oxygen atoms in total. The molecule has 208 valence electrons. The fraction of sp³-hybridized carbons (Fsp3) is 0.0606. The molecule has 3 aromatic carbocycles. The van der Waals surface area contributed by atoms with Gasteiger partial charge in [0.05, 0.1) is 22.8 Å². The van der Waals surface area contributed by atoms with E-state index in [1.165, 1.54) is 12.1 Å². The van der Waals surface area contributed by atoms with Crippen LogP contribution in [0.15, 0.2) is 121 Å². The molecule has 0 aliphatic rings. The van der Waals surface area contributed by atoms with Crippen molar-refractivity contribution in [3.63, 3.8) is 0 Å². The first-order valence-electron chi connectivity index (χ1n) is 12.9. The first-order valence-corrected chi connectivity index (χ1v) is 12.9. The van der Waals surface area contributed by atoms with Crippen molar-refractivity contribution in [3.8, 4) is 22.6 Å². The molecule has 0 spiro atoms. The first-order chi connectivity index (χ1) is 20.3. The van der Waals surface area contributed by atoms with E-state index < -0.39 is 28.9 Å². The van der Waals surface area contributed by atoms with Crippen molar-refractivity contribution in [1.29, 1.82) is 0 Å². The summed E-state index contributed by atoms with van der Waals surface area (Å²) >= 11 is 0. The van der Waals surface area contributed by atoms with Crippen LogP contribution >= 0.6 is 0 Å². The highest BCUT2D eigenvalue weighted by Gasteiger charge is 2.42. The molecule has 0 unspecified atom stereocenters. The summed E-state index contributed by atoms with van der Waals surface area (Å²) in [6.45, 7) is 0. The van der Waals surface area contributed by atoms with Gasteiger partial charge in [0, 0.05) is 11.6 Å². The lowest BCUT2D eigenvalue weighted by Crippen LogP contribution is -2.33. The minimum Gasteiger partial charge on any atom is -0.273 e. The van der Waals surface area contributed by atoms with Gasteiger partial charge in [0.1, 0.15) is 28.4 Å². The summed E-state index contributed by atoms with van der Waals surface area (Å²) in [4.78, 5) is 9.76. The van der Waals surface area contributed by atoms with Crippen molar-refractivity contribution in [2.45, 2.75) is 11.6 Å². The highest BCUT2D eigenvalue weighted by atomic mass is 19.4. The zero-order chi connectivity index (χ0) is 29.3. The zero-order valence-electron chi connectivity index (χ0n) is 21.8. The number of H-pyrrole nitrogens is 1. The Bertz CT molecular complexity index is 1810. The van der Waals surface area contributed by atoms with Crippen LogP contribution < -0.4 is 0 Å². The molecule has 0 radical (unpaired) electrons. The molecule has 0 amide bonds. The number of nitrogens with zero attached hydrogens (tertiary/aromatic N) is 3. The number of aromatic nitrogens is 4. The minimum atomic E-state index is -4.60. The van der Waals surface area contributed by atoms with Crippen molar-refractivity contribution >= 4 is 0 Å². The second kappa shape index (κ2) is 10.7. The number of hydrogen-bond donors (Lipinski definition) is 1. The third kappa shape index (κ3) is 4.83. The summed E-state index contributed by atoms with van der Waals surface area (Å²) in [6.07, 6.45) is -4.60. The molecule has 6 rings (SSSR count). The summed E-state index contributed by atoms with van der Waals surface area (Å²) in [5.41, 5.74) is 0.927. The van der Waals surface area contributed by atoms with E-state index in [0.717, 1.165) is 23.3 Å². The lowest BCUT2D eigenvalue weighted by molar-refractivity contribution is -0.141. The Hall–Kier alpha value is -5.18. The summed E-state index contributed by atoms with van der Waals surface area (Å²) in [7, 11) is 0. The first kappa shape index (κ1) is 27.0. The monoisotopic (exact) mass is 568 g/mol. The van der Waals surface area contributed by atoms with Crippen molar-refractivity contribution < 1.29 is 22.0 Å². The van der Waals surface area contributed by atoms with Gasteiger partial charge in [-0.1, -0.05) is 72.8 Å². The predicted octanol–water partition coefficient (Wildman–Crippen LogP) is 8.21. The number of hydrogen-bond acceptors (Lipinski definition) is 3. The van der Waals surface area contributed by atoms with Crippen LogP contribution in [-0.2, 0) is 11.6 Å². The third-order valence-corrected chi connectivity index (χ3v) is 7.03. The van der Waals surface area contributed by atoms with Gasteiger partial charge < -0.3 is 0 Å². The highest BCUT2D eigenvalue weighted by Crippen LogP contribution is 2.44. The Labute approximate surface area is 237 Å². The fourth-order valence-corrected chi connectivity index (χ4v) is 5.14. The van der Waals surface area contributed by atoms with E-state index >= 15 is 0 Å². The van der Waals surface area contributed by atoms with Crippen LogP contribution in [0.25, 0.3) is 22.6 Å². The topological polar surface area (TPSA) is 54.5 Å². The van der Waals surface area contributed by atoms with Crippen LogP contribution in [0.5, 0.6) is 0 Å².